The van der Waals surface area contributed by atoms with E-state index in [0.717, 1.165) is 24.9 Å². The van der Waals surface area contributed by atoms with E-state index in [4.69, 9.17) is 23.2 Å². The van der Waals surface area contributed by atoms with Crippen LogP contribution in [0, 0.1) is 5.92 Å². The second-order valence-electron chi connectivity index (χ2n) is 5.93. The zero-order valence-electron chi connectivity index (χ0n) is 12.9. The first-order valence-electron chi connectivity index (χ1n) is 7.57. The second kappa shape index (κ2) is 7.53. The van der Waals surface area contributed by atoms with Crippen molar-refractivity contribution in [3.63, 3.8) is 0 Å². The molecular formula is C16H22Cl2N2O2. The van der Waals surface area contributed by atoms with Crippen molar-refractivity contribution < 1.29 is 9.90 Å². The SMILES string of the molecule is C[C@H](NC(=O)N1CCC[C@@H]([C@H](C)O)C1)c1ccc(Cl)c(Cl)c1. The standard InChI is InChI=1S/C16H22Cl2N2O2/c1-10(12-5-6-14(17)15(18)8-12)19-16(22)20-7-3-4-13(9-20)11(2)21/h5-6,8,10-11,13,21H,3-4,7,9H2,1-2H3,(H,19,22)/t10-,11-,13+/m0/s1. The number of hydrogen-bond acceptors (Lipinski definition) is 2. The normalized spacial score (nSPS) is 21.3. The molecule has 1 fully saturated rings. The monoisotopic (exact) mass is 344 g/mol. The third-order valence-electron chi connectivity index (χ3n) is 4.21. The van der Waals surface area contributed by atoms with Crippen molar-refractivity contribution in [3.05, 3.63) is 33.8 Å². The largest absolute Gasteiger partial charge is 0.393 e. The van der Waals surface area contributed by atoms with Crippen molar-refractivity contribution >= 4 is 29.2 Å². The van der Waals surface area contributed by atoms with Gasteiger partial charge in [0.25, 0.3) is 0 Å². The van der Waals surface area contributed by atoms with Gasteiger partial charge in [-0.3, -0.25) is 0 Å². The van der Waals surface area contributed by atoms with Crippen LogP contribution in [0.3, 0.4) is 0 Å². The van der Waals surface area contributed by atoms with Gasteiger partial charge < -0.3 is 15.3 Å². The molecule has 0 spiro atoms. The fourth-order valence-corrected chi connectivity index (χ4v) is 3.04. The van der Waals surface area contributed by atoms with Crippen LogP contribution in [0.5, 0.6) is 0 Å². The van der Waals surface area contributed by atoms with Crippen LogP contribution in [0.25, 0.3) is 0 Å². The maximum Gasteiger partial charge on any atom is 0.317 e. The van der Waals surface area contributed by atoms with Gasteiger partial charge in [0.15, 0.2) is 0 Å². The molecule has 0 bridgehead atoms. The molecule has 6 heteroatoms. The van der Waals surface area contributed by atoms with E-state index in [-0.39, 0.29) is 24.1 Å². The molecule has 22 heavy (non-hydrogen) atoms. The van der Waals surface area contributed by atoms with Crippen LogP contribution in [-0.4, -0.2) is 35.2 Å². The van der Waals surface area contributed by atoms with Crippen LogP contribution < -0.4 is 5.32 Å². The Morgan fingerprint density at radius 3 is 2.73 bits per heavy atom. The minimum absolute atomic E-state index is 0.107. The number of hydrogen-bond donors (Lipinski definition) is 2. The summed E-state index contributed by atoms with van der Waals surface area (Å²) in [7, 11) is 0. The number of amides is 2. The number of aliphatic hydroxyl groups is 1. The van der Waals surface area contributed by atoms with Gasteiger partial charge in [-0.15, -0.1) is 0 Å². The first-order valence-corrected chi connectivity index (χ1v) is 8.32. The molecule has 1 aliphatic heterocycles. The molecular weight excluding hydrogens is 323 g/mol. The number of carbonyl (C=O) groups excluding carboxylic acids is 1. The number of aliphatic hydroxyl groups excluding tert-OH is 1. The van der Waals surface area contributed by atoms with Crippen LogP contribution in [0.15, 0.2) is 18.2 Å². The average Bonchev–Trinajstić information content (AvgIpc) is 2.50. The number of urea groups is 1. The number of halogens is 2. The van der Waals surface area contributed by atoms with Crippen molar-refractivity contribution in [2.75, 3.05) is 13.1 Å². The lowest BCUT2D eigenvalue weighted by Crippen LogP contribution is -2.47. The van der Waals surface area contributed by atoms with Gasteiger partial charge in [0, 0.05) is 19.0 Å². The molecule has 0 saturated carbocycles. The molecule has 1 saturated heterocycles. The maximum absolute atomic E-state index is 12.4. The van der Waals surface area contributed by atoms with Gasteiger partial charge in [-0.2, -0.15) is 0 Å². The van der Waals surface area contributed by atoms with Gasteiger partial charge >= 0.3 is 6.03 Å². The highest BCUT2D eigenvalue weighted by Gasteiger charge is 2.27. The van der Waals surface area contributed by atoms with Gasteiger partial charge in [-0.25, -0.2) is 4.79 Å². The smallest absolute Gasteiger partial charge is 0.317 e. The molecule has 2 N–H and O–H groups in total. The number of rotatable bonds is 3. The van der Waals surface area contributed by atoms with Crippen molar-refractivity contribution in [1.29, 1.82) is 0 Å². The summed E-state index contributed by atoms with van der Waals surface area (Å²) in [5, 5.41) is 13.7. The predicted molar refractivity (Wildman–Crippen MR) is 89.4 cm³/mol. The molecule has 122 valence electrons. The average molecular weight is 345 g/mol. The Balaban J connectivity index is 1.97. The highest BCUT2D eigenvalue weighted by molar-refractivity contribution is 6.42. The summed E-state index contributed by atoms with van der Waals surface area (Å²) in [6, 6.07) is 5.09. The predicted octanol–water partition coefficient (Wildman–Crippen LogP) is 3.86. The number of benzene rings is 1. The molecule has 0 aliphatic carbocycles. The van der Waals surface area contributed by atoms with Gasteiger partial charge in [0.05, 0.1) is 22.2 Å². The maximum atomic E-state index is 12.4. The van der Waals surface area contributed by atoms with E-state index >= 15 is 0 Å². The highest BCUT2D eigenvalue weighted by Crippen LogP contribution is 2.26. The molecule has 2 rings (SSSR count). The van der Waals surface area contributed by atoms with E-state index in [2.05, 4.69) is 5.32 Å². The van der Waals surface area contributed by atoms with E-state index in [0.29, 0.717) is 16.6 Å². The zero-order valence-corrected chi connectivity index (χ0v) is 14.4. The quantitative estimate of drug-likeness (QED) is 0.874. The molecule has 1 aromatic carbocycles. The van der Waals surface area contributed by atoms with Gasteiger partial charge in [-0.05, 0) is 44.4 Å². The lowest BCUT2D eigenvalue weighted by molar-refractivity contribution is 0.0734. The van der Waals surface area contributed by atoms with E-state index < -0.39 is 0 Å². The Bertz CT molecular complexity index is 537. The van der Waals surface area contributed by atoms with E-state index in [9.17, 15) is 9.90 Å². The molecule has 2 amide bonds. The zero-order chi connectivity index (χ0) is 16.3. The van der Waals surface area contributed by atoms with Crippen molar-refractivity contribution in [3.8, 4) is 0 Å². The number of nitrogens with one attached hydrogen (secondary N) is 1. The van der Waals surface area contributed by atoms with E-state index in [1.807, 2.05) is 13.0 Å². The Kier molecular flexibility index (Phi) is 5.95. The molecule has 3 atom stereocenters. The lowest BCUT2D eigenvalue weighted by Gasteiger charge is -2.34. The first-order chi connectivity index (χ1) is 10.4. The van der Waals surface area contributed by atoms with E-state index in [1.165, 1.54) is 0 Å². The summed E-state index contributed by atoms with van der Waals surface area (Å²) < 4.78 is 0. The number of piperidine rings is 1. The number of nitrogens with zero attached hydrogens (tertiary/aromatic N) is 1. The Labute approximate surface area is 141 Å². The minimum Gasteiger partial charge on any atom is -0.393 e. The van der Waals surface area contributed by atoms with Crippen molar-refractivity contribution in [2.45, 2.75) is 38.8 Å². The molecule has 1 aliphatic rings. The minimum atomic E-state index is -0.386. The highest BCUT2D eigenvalue weighted by atomic mass is 35.5. The van der Waals surface area contributed by atoms with Crippen LogP contribution >= 0.6 is 23.2 Å². The van der Waals surface area contributed by atoms with Gasteiger partial charge in [-0.1, -0.05) is 29.3 Å². The molecule has 1 heterocycles. The van der Waals surface area contributed by atoms with Crippen molar-refractivity contribution in [2.24, 2.45) is 5.92 Å². The lowest BCUT2D eigenvalue weighted by atomic mass is 9.94. The summed E-state index contributed by atoms with van der Waals surface area (Å²) >= 11 is 11.9. The Morgan fingerprint density at radius 1 is 1.36 bits per heavy atom. The summed E-state index contributed by atoms with van der Waals surface area (Å²) in [5.41, 5.74) is 0.909. The first kappa shape index (κ1) is 17.4. The fourth-order valence-electron chi connectivity index (χ4n) is 2.73. The summed E-state index contributed by atoms with van der Waals surface area (Å²) in [4.78, 5) is 14.1. The van der Waals surface area contributed by atoms with Gasteiger partial charge in [0.1, 0.15) is 0 Å². The fraction of sp³-hybridized carbons (Fsp3) is 0.562. The third-order valence-corrected chi connectivity index (χ3v) is 4.95. The molecule has 1 aromatic rings. The van der Waals surface area contributed by atoms with E-state index in [1.54, 1.807) is 24.0 Å². The van der Waals surface area contributed by atoms with Crippen molar-refractivity contribution in [1.82, 2.24) is 10.2 Å². The Hall–Kier alpha value is -0.970. The molecule has 0 aromatic heterocycles. The van der Waals surface area contributed by atoms with Crippen LogP contribution in [0.2, 0.25) is 10.0 Å². The summed E-state index contributed by atoms with van der Waals surface area (Å²) in [6.07, 6.45) is 1.50. The number of likely N-dealkylation sites (tertiary alicyclic amines) is 1. The third kappa shape index (κ3) is 4.28. The summed E-state index contributed by atoms with van der Waals surface area (Å²) in [6.45, 7) is 5.01. The van der Waals surface area contributed by atoms with Crippen LogP contribution in [0.4, 0.5) is 4.79 Å². The second-order valence-corrected chi connectivity index (χ2v) is 6.75. The van der Waals surface area contributed by atoms with Crippen LogP contribution in [-0.2, 0) is 0 Å². The molecule has 4 nitrogen and oxygen atoms in total. The molecule has 0 unspecified atom stereocenters. The topological polar surface area (TPSA) is 52.6 Å². The number of carbonyl (C=O) groups is 1. The van der Waals surface area contributed by atoms with Gasteiger partial charge in [0.2, 0.25) is 0 Å². The Morgan fingerprint density at radius 2 is 2.09 bits per heavy atom. The summed E-state index contributed by atoms with van der Waals surface area (Å²) in [5.74, 6) is 0.153. The molecule has 0 radical (unpaired) electrons. The van der Waals surface area contributed by atoms with Crippen LogP contribution in [0.1, 0.15) is 38.3 Å².